The third-order valence-electron chi connectivity index (χ3n) is 12.0. The van der Waals surface area contributed by atoms with E-state index in [1.165, 1.54) is 0 Å². The number of aromatic nitrogens is 2. The quantitative estimate of drug-likeness (QED) is 0.0812. The smallest absolute Gasteiger partial charge is 0.147 e. The summed E-state index contributed by atoms with van der Waals surface area (Å²) in [6, 6.07) is 57.5. The van der Waals surface area contributed by atoms with Gasteiger partial charge in [0.25, 0.3) is 0 Å². The Morgan fingerprint density at radius 1 is 0.478 bits per heavy atom. The van der Waals surface area contributed by atoms with Gasteiger partial charge in [0.2, 0.25) is 0 Å². The van der Waals surface area contributed by atoms with Gasteiger partial charge in [0, 0.05) is 76.1 Å². The van der Waals surface area contributed by atoms with Crippen molar-refractivity contribution in [3.8, 4) is 56.6 Å². The molecule has 7 nitrogen and oxygen atoms in total. The van der Waals surface area contributed by atoms with Crippen LogP contribution in [0.5, 0.6) is 23.0 Å². The molecular weight excluding hydrogens is 993 g/mol. The molecule has 0 saturated heterocycles. The minimum absolute atomic E-state index is 0. The number of aryl methyl sites for hydroxylation is 1. The summed E-state index contributed by atoms with van der Waals surface area (Å²) in [5, 5.41) is 32.4. The maximum absolute atomic E-state index is 12.3. The third kappa shape index (κ3) is 9.25. The molecule has 8 heteroatoms. The summed E-state index contributed by atoms with van der Waals surface area (Å²) in [5.74, 6) is 1.76. The van der Waals surface area contributed by atoms with Crippen molar-refractivity contribution in [2.24, 2.45) is 0 Å². The maximum atomic E-state index is 12.3. The molecule has 0 saturated carbocycles. The predicted molar refractivity (Wildman–Crippen MR) is 276 cm³/mol. The summed E-state index contributed by atoms with van der Waals surface area (Å²) < 4.78 is 17.3. The number of hydrogen-bond donors (Lipinski definition) is 2. The fourth-order valence-corrected chi connectivity index (χ4v) is 8.98. The van der Waals surface area contributed by atoms with Crippen LogP contribution in [-0.2, 0) is 31.3 Å². The largest absolute Gasteiger partial charge is 0.668 e. The monoisotopic (exact) mass is 1050 g/mol. The molecule has 10 rings (SSSR count). The van der Waals surface area contributed by atoms with Gasteiger partial charge in [-0.25, -0.2) is 0 Å². The number of benzene rings is 8. The van der Waals surface area contributed by atoms with Crippen molar-refractivity contribution in [3.05, 3.63) is 194 Å². The van der Waals surface area contributed by atoms with Gasteiger partial charge in [-0.2, -0.15) is 14.1 Å². The predicted octanol–water partition coefficient (Wildman–Crippen LogP) is 15.1. The van der Waals surface area contributed by atoms with Gasteiger partial charge < -0.3 is 41.6 Å². The van der Waals surface area contributed by atoms with Crippen molar-refractivity contribution in [3.63, 3.8) is 0 Å². The van der Waals surface area contributed by atoms with Gasteiger partial charge in [0.15, 0.2) is 0 Å². The molecule has 67 heavy (non-hydrogen) atoms. The van der Waals surface area contributed by atoms with Gasteiger partial charge >= 0.3 is 0 Å². The third-order valence-corrected chi connectivity index (χ3v) is 12.0. The van der Waals surface area contributed by atoms with E-state index >= 15 is 0 Å². The standard InChI is InChI=1S/C56H48N2O4.C2H6N.CH3.Hf/c1-36-32-44(54(59)50(33-36)57-46-24-11-5-18-38(46)39-19-6-12-25-47(39)57)42-22-9-15-28-52(42)61-30-17-31-62-53-29-16-10-23-43(53)45-34-37(56(2,3)4)35-51(55(45)60)58-48-26-13-7-20-40(48)41-21-8-14-27-49(41)58;1-3-2;;/h5-16,18-29,32-35,59-60H,17,30-31H2,1-4H3;1-2H3;1H3;/q;2*-1;. The molecule has 2 aromatic heterocycles. The SMILES string of the molecule is C[N-]C.Cc1cc(-c2ccccc2OCCCOc2ccccc2-c2cc(C(C)(C)C)cc(-n3c4ccccc4c4ccccc43)c2O)c(O)c(-n2c3ccccc3c3ccccc32)c1.[CH3-].[Hf]. The number of phenolic OH excluding ortho intramolecular Hbond substituents is 2. The Labute approximate surface area is 413 Å². The molecule has 8 aromatic carbocycles. The van der Waals surface area contributed by atoms with Gasteiger partial charge in [0.05, 0.1) is 46.7 Å². The van der Waals surface area contributed by atoms with Gasteiger partial charge in [-0.05, 0) is 84.1 Å². The zero-order valence-corrected chi connectivity index (χ0v) is 42.9. The Morgan fingerprint density at radius 2 is 0.821 bits per heavy atom. The van der Waals surface area contributed by atoms with Crippen LogP contribution in [0.3, 0.4) is 0 Å². The van der Waals surface area contributed by atoms with Crippen molar-refractivity contribution in [1.82, 2.24) is 9.13 Å². The van der Waals surface area contributed by atoms with Crippen LogP contribution in [-0.4, -0.2) is 46.7 Å². The molecule has 0 bridgehead atoms. The van der Waals surface area contributed by atoms with E-state index < -0.39 is 0 Å². The van der Waals surface area contributed by atoms with Gasteiger partial charge in [0.1, 0.15) is 23.0 Å². The van der Waals surface area contributed by atoms with E-state index in [9.17, 15) is 10.2 Å². The van der Waals surface area contributed by atoms with E-state index in [0.717, 1.165) is 77.2 Å². The molecule has 0 aliphatic heterocycles. The van der Waals surface area contributed by atoms with Gasteiger partial charge in [-0.1, -0.05) is 130 Å². The Kier molecular flexibility index (Phi) is 14.8. The van der Waals surface area contributed by atoms with Crippen LogP contribution in [0.4, 0.5) is 0 Å². The molecule has 0 aliphatic rings. The van der Waals surface area contributed by atoms with E-state index in [4.69, 9.17) is 9.47 Å². The second-order valence-electron chi connectivity index (χ2n) is 17.6. The van der Waals surface area contributed by atoms with Crippen LogP contribution in [0, 0.1) is 14.4 Å². The van der Waals surface area contributed by atoms with E-state index in [-0.39, 0.29) is 50.2 Å². The van der Waals surface area contributed by atoms with Crippen molar-refractivity contribution >= 4 is 43.6 Å². The second kappa shape index (κ2) is 20.5. The first-order valence-electron chi connectivity index (χ1n) is 22.2. The summed E-state index contributed by atoms with van der Waals surface area (Å²) >= 11 is 0. The summed E-state index contributed by atoms with van der Waals surface area (Å²) in [6.07, 6.45) is 0.607. The Bertz CT molecular complexity index is 3240. The van der Waals surface area contributed by atoms with E-state index in [1.807, 2.05) is 84.9 Å². The number of hydrogen-bond acceptors (Lipinski definition) is 4. The van der Waals surface area contributed by atoms with Crippen LogP contribution in [0.25, 0.3) is 82.6 Å². The molecule has 0 spiro atoms. The average molecular weight is 1050 g/mol. The number of nitrogens with zero attached hydrogens (tertiary/aromatic N) is 3. The number of fused-ring (bicyclic) bond motifs is 6. The molecular formula is C59H57HfN3O4-2. The average Bonchev–Trinajstić information content (AvgIpc) is 3.83. The number of para-hydroxylation sites is 6. The van der Waals surface area contributed by atoms with Crippen LogP contribution in [0.2, 0.25) is 0 Å². The van der Waals surface area contributed by atoms with E-state index in [1.54, 1.807) is 14.1 Å². The van der Waals surface area contributed by atoms with Crippen molar-refractivity contribution in [1.29, 1.82) is 0 Å². The number of ether oxygens (including phenoxy) is 2. The van der Waals surface area contributed by atoms with E-state index in [0.29, 0.717) is 42.3 Å². The second-order valence-corrected chi connectivity index (χ2v) is 17.6. The molecule has 0 amide bonds. The summed E-state index contributed by atoms with van der Waals surface area (Å²) in [5.41, 5.74) is 10.6. The molecule has 0 unspecified atom stereocenters. The van der Waals surface area contributed by atoms with Crippen molar-refractivity contribution in [2.75, 3.05) is 27.3 Å². The molecule has 10 aromatic rings. The molecule has 0 fully saturated rings. The normalized spacial score (nSPS) is 11.3. The first-order chi connectivity index (χ1) is 31.6. The zero-order valence-electron chi connectivity index (χ0n) is 39.3. The van der Waals surface area contributed by atoms with Crippen molar-refractivity contribution < 1.29 is 45.5 Å². The fraction of sp³-hybridized carbons (Fsp3) is 0.169. The molecule has 2 N–H and O–H groups in total. The number of phenols is 2. The zero-order chi connectivity index (χ0) is 45.2. The minimum atomic E-state index is -0.193. The van der Waals surface area contributed by atoms with Crippen LogP contribution in [0.1, 0.15) is 38.3 Å². The molecule has 0 atom stereocenters. The minimum Gasteiger partial charge on any atom is -0.668 e. The number of aromatic hydroxyl groups is 2. The fourth-order valence-electron chi connectivity index (χ4n) is 8.98. The summed E-state index contributed by atoms with van der Waals surface area (Å²) in [6.45, 7) is 9.45. The summed E-state index contributed by atoms with van der Waals surface area (Å²) in [7, 11) is 3.50. The Balaban J connectivity index is 0.00000130. The molecule has 2 heterocycles. The molecule has 0 radical (unpaired) electrons. The molecule has 338 valence electrons. The van der Waals surface area contributed by atoms with E-state index in [2.05, 4.69) is 127 Å². The molecule has 0 aliphatic carbocycles. The van der Waals surface area contributed by atoms with Gasteiger partial charge in [-0.15, -0.1) is 0 Å². The first kappa shape index (κ1) is 48.3. The topological polar surface area (TPSA) is 82.9 Å². The van der Waals surface area contributed by atoms with Crippen LogP contribution < -0.4 is 9.47 Å². The van der Waals surface area contributed by atoms with Crippen LogP contribution in [0.15, 0.2) is 170 Å². The maximum Gasteiger partial charge on any atom is 0.147 e. The number of rotatable bonds is 10. The Morgan fingerprint density at radius 3 is 1.22 bits per heavy atom. The van der Waals surface area contributed by atoms with Crippen molar-refractivity contribution in [2.45, 2.75) is 39.5 Å². The van der Waals surface area contributed by atoms with Gasteiger partial charge in [-0.3, -0.25) is 0 Å². The Hall–Kier alpha value is -6.61. The van der Waals surface area contributed by atoms with Crippen LogP contribution >= 0.6 is 0 Å². The first-order valence-corrected chi connectivity index (χ1v) is 22.2. The summed E-state index contributed by atoms with van der Waals surface area (Å²) in [4.78, 5) is 0.